The molecule has 0 amide bonds. The van der Waals surface area contributed by atoms with Crippen LogP contribution in [-0.4, -0.2) is 47.0 Å². The van der Waals surface area contributed by atoms with Gasteiger partial charge in [-0.3, -0.25) is 9.80 Å². The van der Waals surface area contributed by atoms with Crippen molar-refractivity contribution in [3.05, 3.63) is 101 Å². The van der Waals surface area contributed by atoms with E-state index in [1.165, 1.54) is 42.6 Å². The van der Waals surface area contributed by atoms with E-state index in [9.17, 15) is 5.11 Å². The molecule has 0 spiro atoms. The number of hydrogen-bond donors (Lipinski definition) is 1. The van der Waals surface area contributed by atoms with E-state index >= 15 is 0 Å². The van der Waals surface area contributed by atoms with Gasteiger partial charge in [0, 0.05) is 12.1 Å². The standard InChI is InChI=1S/C28H29N3O2/c1-30-27(21-11-9-19(10-12-21)18-31-15-5-6-16-31)24-17-22(32)13-14-23(24)25-26(29-33-28(25)30)20-7-3-2-4-8-20/h2-4,7-14,17,25,27-28,32H,5-6,15-16,18H2,1H3/t25-,27+,28+/m0/s1. The highest BCUT2D eigenvalue weighted by atomic mass is 16.7. The molecule has 3 aromatic rings. The summed E-state index contributed by atoms with van der Waals surface area (Å²) in [5, 5.41) is 14.9. The SMILES string of the molecule is CN1[C@H](c2ccc(CN3CCCC3)cc2)c2cc(O)ccc2[C@H]2C(c3ccccc3)=NO[C@H]21. The molecule has 5 heteroatoms. The van der Waals surface area contributed by atoms with Crippen molar-refractivity contribution in [1.29, 1.82) is 0 Å². The number of likely N-dealkylation sites (N-methyl/N-ethyl adjacent to an activating group) is 1. The molecule has 1 N–H and O–H groups in total. The smallest absolute Gasteiger partial charge is 0.194 e. The van der Waals surface area contributed by atoms with E-state index in [1.54, 1.807) is 6.07 Å². The van der Waals surface area contributed by atoms with E-state index in [0.29, 0.717) is 0 Å². The van der Waals surface area contributed by atoms with Crippen molar-refractivity contribution in [2.75, 3.05) is 20.1 Å². The van der Waals surface area contributed by atoms with E-state index in [2.05, 4.69) is 58.4 Å². The van der Waals surface area contributed by atoms with E-state index in [4.69, 9.17) is 4.84 Å². The number of nitrogens with zero attached hydrogens (tertiary/aromatic N) is 3. The molecule has 0 bridgehead atoms. The fourth-order valence-corrected chi connectivity index (χ4v) is 5.68. The lowest BCUT2D eigenvalue weighted by molar-refractivity contribution is -0.0538. The van der Waals surface area contributed by atoms with Gasteiger partial charge in [-0.05, 0) is 67.4 Å². The van der Waals surface area contributed by atoms with Crippen LogP contribution in [0, 0.1) is 0 Å². The predicted octanol–water partition coefficient (Wildman–Crippen LogP) is 4.87. The molecule has 0 aromatic heterocycles. The number of phenols is 1. The highest BCUT2D eigenvalue weighted by Gasteiger charge is 2.47. The van der Waals surface area contributed by atoms with Gasteiger partial charge in [-0.25, -0.2) is 0 Å². The summed E-state index contributed by atoms with van der Waals surface area (Å²) in [5.74, 6) is 0.284. The Morgan fingerprint density at radius 3 is 2.45 bits per heavy atom. The number of phenolic OH excluding ortho intramolecular Hbond substituents is 1. The van der Waals surface area contributed by atoms with Crippen molar-refractivity contribution < 1.29 is 9.94 Å². The summed E-state index contributed by atoms with van der Waals surface area (Å²) in [6.07, 6.45) is 2.42. The molecule has 3 aromatic carbocycles. The normalized spacial score (nSPS) is 24.8. The van der Waals surface area contributed by atoms with Gasteiger partial charge in [-0.15, -0.1) is 0 Å². The van der Waals surface area contributed by atoms with Crippen molar-refractivity contribution >= 4 is 5.71 Å². The van der Waals surface area contributed by atoms with Gasteiger partial charge in [0.15, 0.2) is 6.23 Å². The number of aromatic hydroxyl groups is 1. The van der Waals surface area contributed by atoms with E-state index in [1.807, 2.05) is 30.3 Å². The largest absolute Gasteiger partial charge is 0.508 e. The van der Waals surface area contributed by atoms with Crippen molar-refractivity contribution in [1.82, 2.24) is 9.80 Å². The van der Waals surface area contributed by atoms with Crippen LogP contribution in [0.1, 0.15) is 52.6 Å². The van der Waals surface area contributed by atoms with Crippen molar-refractivity contribution in [3.8, 4) is 5.75 Å². The van der Waals surface area contributed by atoms with Gasteiger partial charge in [-0.1, -0.05) is 65.8 Å². The number of oxime groups is 1. The summed E-state index contributed by atoms with van der Waals surface area (Å²) in [7, 11) is 2.09. The first kappa shape index (κ1) is 20.5. The van der Waals surface area contributed by atoms with Gasteiger partial charge in [-0.2, -0.15) is 0 Å². The maximum absolute atomic E-state index is 10.4. The van der Waals surface area contributed by atoms with Crippen LogP contribution in [0.4, 0.5) is 0 Å². The van der Waals surface area contributed by atoms with Crippen LogP contribution in [-0.2, 0) is 11.4 Å². The molecule has 6 rings (SSSR count). The van der Waals surface area contributed by atoms with E-state index < -0.39 is 0 Å². The van der Waals surface area contributed by atoms with Crippen LogP contribution >= 0.6 is 0 Å². The molecule has 168 valence electrons. The summed E-state index contributed by atoms with van der Waals surface area (Å²) in [6.45, 7) is 3.41. The number of fused-ring (bicyclic) bond motifs is 3. The zero-order valence-electron chi connectivity index (χ0n) is 18.9. The average Bonchev–Trinajstić information content (AvgIpc) is 3.51. The third kappa shape index (κ3) is 3.62. The summed E-state index contributed by atoms with van der Waals surface area (Å²) in [5.41, 5.74) is 6.84. The Morgan fingerprint density at radius 1 is 0.939 bits per heavy atom. The van der Waals surface area contributed by atoms with Gasteiger partial charge in [0.05, 0.1) is 17.7 Å². The van der Waals surface area contributed by atoms with Gasteiger partial charge >= 0.3 is 0 Å². The van der Waals surface area contributed by atoms with Gasteiger partial charge < -0.3 is 9.94 Å². The number of rotatable bonds is 4. The number of likely N-dealkylation sites (tertiary alicyclic amines) is 1. The predicted molar refractivity (Wildman–Crippen MR) is 129 cm³/mol. The molecule has 1 fully saturated rings. The van der Waals surface area contributed by atoms with Crippen molar-refractivity contribution in [2.24, 2.45) is 5.16 Å². The first-order chi connectivity index (χ1) is 16.2. The van der Waals surface area contributed by atoms with Crippen LogP contribution in [0.15, 0.2) is 78.0 Å². The molecule has 5 nitrogen and oxygen atoms in total. The molecular weight excluding hydrogens is 410 g/mol. The molecular formula is C28H29N3O2. The minimum absolute atomic E-state index is 0.00121. The highest BCUT2D eigenvalue weighted by Crippen LogP contribution is 2.47. The van der Waals surface area contributed by atoms with Crippen LogP contribution in [0.2, 0.25) is 0 Å². The minimum atomic E-state index is -0.188. The molecule has 0 unspecified atom stereocenters. The van der Waals surface area contributed by atoms with Crippen molar-refractivity contribution in [3.63, 3.8) is 0 Å². The third-order valence-corrected chi connectivity index (χ3v) is 7.32. The molecule has 1 saturated heterocycles. The zero-order valence-corrected chi connectivity index (χ0v) is 18.9. The van der Waals surface area contributed by atoms with E-state index in [0.717, 1.165) is 23.4 Å². The first-order valence-corrected chi connectivity index (χ1v) is 11.8. The molecule has 0 aliphatic carbocycles. The Labute approximate surface area is 194 Å². The Kier molecular flexibility index (Phi) is 5.16. The lowest BCUT2D eigenvalue weighted by Gasteiger charge is -2.41. The second kappa shape index (κ2) is 8.32. The van der Waals surface area contributed by atoms with Gasteiger partial charge in [0.25, 0.3) is 0 Å². The Hall–Kier alpha value is -3.15. The Balaban J connectivity index is 1.36. The van der Waals surface area contributed by atoms with Crippen LogP contribution in [0.3, 0.4) is 0 Å². The van der Waals surface area contributed by atoms with Crippen molar-refractivity contribution in [2.45, 2.75) is 37.6 Å². The fraction of sp³-hybridized carbons (Fsp3) is 0.321. The third-order valence-electron chi connectivity index (χ3n) is 7.32. The summed E-state index contributed by atoms with van der Waals surface area (Å²) >= 11 is 0. The quantitative estimate of drug-likeness (QED) is 0.630. The molecule has 3 aliphatic rings. The maximum Gasteiger partial charge on any atom is 0.194 e. The molecule has 0 saturated carbocycles. The Bertz CT molecular complexity index is 1170. The molecule has 3 atom stereocenters. The lowest BCUT2D eigenvalue weighted by Crippen LogP contribution is -2.45. The average molecular weight is 440 g/mol. The molecule has 3 aliphatic heterocycles. The second-order valence-electron chi connectivity index (χ2n) is 9.42. The maximum atomic E-state index is 10.4. The molecule has 33 heavy (non-hydrogen) atoms. The summed E-state index contributed by atoms with van der Waals surface area (Å²) in [4.78, 5) is 10.8. The molecule has 0 radical (unpaired) electrons. The molecule has 3 heterocycles. The first-order valence-electron chi connectivity index (χ1n) is 11.8. The minimum Gasteiger partial charge on any atom is -0.508 e. The van der Waals surface area contributed by atoms with E-state index in [-0.39, 0.29) is 23.9 Å². The van der Waals surface area contributed by atoms with Gasteiger partial charge in [0.1, 0.15) is 5.75 Å². The Morgan fingerprint density at radius 2 is 1.70 bits per heavy atom. The van der Waals surface area contributed by atoms with Crippen LogP contribution in [0.25, 0.3) is 0 Å². The number of benzene rings is 3. The highest BCUT2D eigenvalue weighted by molar-refractivity contribution is 6.06. The monoisotopic (exact) mass is 439 g/mol. The lowest BCUT2D eigenvalue weighted by atomic mass is 9.78. The number of hydrogen-bond acceptors (Lipinski definition) is 5. The van der Waals surface area contributed by atoms with Crippen LogP contribution in [0.5, 0.6) is 5.75 Å². The topological polar surface area (TPSA) is 48.3 Å². The second-order valence-corrected chi connectivity index (χ2v) is 9.42. The summed E-state index contributed by atoms with van der Waals surface area (Å²) < 4.78 is 0. The summed E-state index contributed by atoms with van der Waals surface area (Å²) in [6, 6.07) is 24.9. The zero-order chi connectivity index (χ0) is 22.4. The fourth-order valence-electron chi connectivity index (χ4n) is 5.68. The van der Waals surface area contributed by atoms with Gasteiger partial charge in [0.2, 0.25) is 0 Å². The van der Waals surface area contributed by atoms with Crippen LogP contribution < -0.4 is 0 Å².